The van der Waals surface area contributed by atoms with E-state index < -0.39 is 0 Å². The van der Waals surface area contributed by atoms with Crippen LogP contribution in [-0.4, -0.2) is 52.6 Å². The molecule has 1 aromatic carbocycles. The Labute approximate surface area is 223 Å². The Morgan fingerprint density at radius 2 is 1.84 bits per heavy atom. The quantitative estimate of drug-likeness (QED) is 0.313. The largest absolute Gasteiger partial charge is 0.488 e. The molecule has 37 heavy (non-hydrogen) atoms. The van der Waals surface area contributed by atoms with Gasteiger partial charge in [0.1, 0.15) is 12.1 Å². The van der Waals surface area contributed by atoms with Crippen LogP contribution >= 0.6 is 13.5 Å². The number of carbonyl (C=O) groups excluding carboxylic acids is 1. The fraction of sp³-hybridized carbons (Fsp3) is 0.296. The maximum absolute atomic E-state index is 12.3. The second-order valence-electron chi connectivity index (χ2n) is 8.14. The number of pyridine rings is 2. The zero-order valence-electron chi connectivity index (χ0n) is 21.4. The second kappa shape index (κ2) is 12.9. The number of aromatic nitrogens is 4. The van der Waals surface area contributed by atoms with Gasteiger partial charge in [-0.05, 0) is 31.5 Å². The number of hydrogen-bond acceptors (Lipinski definition) is 8. The summed E-state index contributed by atoms with van der Waals surface area (Å²) in [5.41, 5.74) is 4.01. The summed E-state index contributed by atoms with van der Waals surface area (Å²) in [4.78, 5) is 30.1. The van der Waals surface area contributed by atoms with Crippen LogP contribution in [0.5, 0.6) is 11.6 Å². The number of ether oxygens (including phenoxy) is 2. The number of carbonyl (C=O) groups is 1. The Balaban J connectivity index is 0.00000380. The van der Waals surface area contributed by atoms with E-state index in [4.69, 9.17) is 9.47 Å². The standard InChI is InChI=1S/C27H30N6O3.H2S/c1-5-35-23-12-18(15-31-27(23)36-6-2)22-13-24(33-16-32-22)30-14-17(3)19-8-7-9-20-21(26(34)28-4)10-11-29-25(19)20;/h7-13,15-17H,5-6,14H2,1-4H3,(H,28,34)(H,30,32,33);1H2/t17-;/m1./s1. The number of hydrogen-bond donors (Lipinski definition) is 2. The van der Waals surface area contributed by atoms with E-state index in [0.717, 1.165) is 27.7 Å². The van der Waals surface area contributed by atoms with Gasteiger partial charge < -0.3 is 20.1 Å². The van der Waals surface area contributed by atoms with Gasteiger partial charge in [0.2, 0.25) is 0 Å². The van der Waals surface area contributed by atoms with Gasteiger partial charge in [-0.25, -0.2) is 15.0 Å². The summed E-state index contributed by atoms with van der Waals surface area (Å²) in [6.45, 7) is 7.57. The summed E-state index contributed by atoms with van der Waals surface area (Å²) in [6, 6.07) is 11.4. The van der Waals surface area contributed by atoms with E-state index in [1.54, 1.807) is 25.5 Å². The summed E-state index contributed by atoms with van der Waals surface area (Å²) in [5, 5.41) is 6.93. The van der Waals surface area contributed by atoms with Crippen LogP contribution < -0.4 is 20.1 Å². The predicted molar refractivity (Wildman–Crippen MR) is 150 cm³/mol. The van der Waals surface area contributed by atoms with E-state index in [2.05, 4.69) is 37.5 Å². The first kappa shape index (κ1) is 27.7. The third-order valence-electron chi connectivity index (χ3n) is 5.76. The van der Waals surface area contributed by atoms with Crippen LogP contribution in [0.2, 0.25) is 0 Å². The Bertz CT molecular complexity index is 1370. The van der Waals surface area contributed by atoms with Crippen molar-refractivity contribution in [2.45, 2.75) is 26.7 Å². The van der Waals surface area contributed by atoms with Gasteiger partial charge in [0.05, 0.1) is 30.0 Å². The Hall–Kier alpha value is -3.92. The highest BCUT2D eigenvalue weighted by Gasteiger charge is 2.16. The molecule has 10 heteroatoms. The van der Waals surface area contributed by atoms with Crippen molar-refractivity contribution < 1.29 is 14.3 Å². The molecular formula is C27H32N6O3S. The smallest absolute Gasteiger partial charge is 0.257 e. The summed E-state index contributed by atoms with van der Waals surface area (Å²) >= 11 is 0. The van der Waals surface area contributed by atoms with Crippen molar-refractivity contribution in [2.24, 2.45) is 0 Å². The molecule has 1 atom stereocenters. The molecule has 4 rings (SSSR count). The van der Waals surface area contributed by atoms with E-state index in [1.165, 1.54) is 6.33 Å². The number of nitrogens with one attached hydrogen (secondary N) is 2. The normalized spacial score (nSPS) is 11.4. The first-order chi connectivity index (χ1) is 17.5. The Morgan fingerprint density at radius 3 is 2.59 bits per heavy atom. The first-order valence-corrected chi connectivity index (χ1v) is 12.0. The number of anilines is 1. The number of nitrogens with zero attached hydrogens (tertiary/aromatic N) is 4. The van der Waals surface area contributed by atoms with Gasteiger partial charge in [0.15, 0.2) is 5.75 Å². The lowest BCUT2D eigenvalue weighted by Crippen LogP contribution is -2.18. The molecule has 9 nitrogen and oxygen atoms in total. The zero-order chi connectivity index (χ0) is 25.5. The van der Waals surface area contributed by atoms with Crippen molar-refractivity contribution in [3.8, 4) is 22.9 Å². The third kappa shape index (κ3) is 6.26. The molecule has 3 aromatic heterocycles. The summed E-state index contributed by atoms with van der Waals surface area (Å²) < 4.78 is 11.3. The number of amides is 1. The summed E-state index contributed by atoms with van der Waals surface area (Å²) in [5.74, 6) is 1.72. The number of fused-ring (bicyclic) bond motifs is 1. The van der Waals surface area contributed by atoms with Crippen molar-refractivity contribution in [1.82, 2.24) is 25.3 Å². The SMILES string of the molecule is CCOc1cc(-c2cc(NC[C@@H](C)c3cccc4c(C(=O)NC)ccnc34)ncn2)cnc1OCC.S. The monoisotopic (exact) mass is 520 g/mol. The molecule has 0 radical (unpaired) electrons. The molecule has 4 aromatic rings. The van der Waals surface area contributed by atoms with E-state index in [0.29, 0.717) is 42.8 Å². The lowest BCUT2D eigenvalue weighted by molar-refractivity contribution is 0.0964. The van der Waals surface area contributed by atoms with Crippen molar-refractivity contribution >= 4 is 36.1 Å². The molecule has 0 aliphatic carbocycles. The van der Waals surface area contributed by atoms with Crippen LogP contribution in [0.3, 0.4) is 0 Å². The predicted octanol–water partition coefficient (Wildman–Crippen LogP) is 4.57. The molecule has 1 amide bonds. The van der Waals surface area contributed by atoms with Crippen LogP contribution in [0.1, 0.15) is 42.6 Å². The molecule has 0 saturated heterocycles. The van der Waals surface area contributed by atoms with Crippen molar-refractivity contribution in [3.05, 3.63) is 66.2 Å². The Morgan fingerprint density at radius 1 is 1.03 bits per heavy atom. The van der Waals surface area contributed by atoms with Gasteiger partial charge in [0, 0.05) is 48.9 Å². The van der Waals surface area contributed by atoms with Crippen molar-refractivity contribution in [1.29, 1.82) is 0 Å². The average Bonchev–Trinajstić information content (AvgIpc) is 2.92. The lowest BCUT2D eigenvalue weighted by Gasteiger charge is -2.16. The fourth-order valence-electron chi connectivity index (χ4n) is 3.98. The molecule has 3 heterocycles. The molecule has 0 spiro atoms. The molecular weight excluding hydrogens is 488 g/mol. The van der Waals surface area contributed by atoms with Gasteiger partial charge in [-0.15, -0.1) is 0 Å². The van der Waals surface area contributed by atoms with Crippen molar-refractivity contribution in [3.63, 3.8) is 0 Å². The zero-order valence-corrected chi connectivity index (χ0v) is 22.4. The molecule has 0 saturated carbocycles. The highest BCUT2D eigenvalue weighted by molar-refractivity contribution is 7.59. The molecule has 0 unspecified atom stereocenters. The van der Waals surface area contributed by atoms with Gasteiger partial charge in [-0.2, -0.15) is 13.5 Å². The van der Waals surface area contributed by atoms with Crippen LogP contribution in [-0.2, 0) is 0 Å². The highest BCUT2D eigenvalue weighted by atomic mass is 32.1. The summed E-state index contributed by atoms with van der Waals surface area (Å²) in [7, 11) is 1.63. The minimum atomic E-state index is -0.130. The van der Waals surface area contributed by atoms with Crippen LogP contribution in [0.15, 0.2) is 55.1 Å². The fourth-order valence-corrected chi connectivity index (χ4v) is 3.98. The summed E-state index contributed by atoms with van der Waals surface area (Å²) in [6.07, 6.45) is 4.91. The molecule has 2 N–H and O–H groups in total. The van der Waals surface area contributed by atoms with Crippen LogP contribution in [0, 0.1) is 0 Å². The van der Waals surface area contributed by atoms with Crippen molar-refractivity contribution in [2.75, 3.05) is 32.1 Å². The average molecular weight is 521 g/mol. The number of benzene rings is 1. The molecule has 0 fully saturated rings. The van der Waals surface area contributed by atoms with Gasteiger partial charge in [0.25, 0.3) is 11.8 Å². The maximum Gasteiger partial charge on any atom is 0.257 e. The lowest BCUT2D eigenvalue weighted by atomic mass is 9.96. The molecule has 0 bridgehead atoms. The first-order valence-electron chi connectivity index (χ1n) is 12.0. The second-order valence-corrected chi connectivity index (χ2v) is 8.14. The highest BCUT2D eigenvalue weighted by Crippen LogP contribution is 2.31. The van der Waals surface area contributed by atoms with Gasteiger partial charge in [-0.1, -0.05) is 25.1 Å². The topological polar surface area (TPSA) is 111 Å². The van der Waals surface area contributed by atoms with Gasteiger partial charge >= 0.3 is 0 Å². The van der Waals surface area contributed by atoms with E-state index in [1.807, 2.05) is 44.2 Å². The number of para-hydroxylation sites is 1. The molecule has 0 aliphatic rings. The van der Waals surface area contributed by atoms with E-state index >= 15 is 0 Å². The molecule has 0 aliphatic heterocycles. The molecule has 194 valence electrons. The van der Waals surface area contributed by atoms with E-state index in [-0.39, 0.29) is 25.3 Å². The minimum Gasteiger partial charge on any atom is -0.488 e. The van der Waals surface area contributed by atoms with Crippen LogP contribution in [0.4, 0.5) is 5.82 Å². The van der Waals surface area contributed by atoms with Crippen LogP contribution in [0.25, 0.3) is 22.2 Å². The third-order valence-corrected chi connectivity index (χ3v) is 5.76. The maximum atomic E-state index is 12.3. The minimum absolute atomic E-state index is 0. The van der Waals surface area contributed by atoms with E-state index in [9.17, 15) is 4.79 Å². The Kier molecular flexibility index (Phi) is 9.62. The number of rotatable bonds is 10. The van der Waals surface area contributed by atoms with Gasteiger partial charge in [-0.3, -0.25) is 9.78 Å².